The number of benzene rings is 3. The number of carbonyl (C=O) groups is 1. The molecular weight excluding hydrogens is 448 g/mol. The minimum atomic E-state index is -4.37. The lowest BCUT2D eigenvalue weighted by Crippen LogP contribution is -2.43. The van der Waals surface area contributed by atoms with Crippen LogP contribution in [0.3, 0.4) is 0 Å². The largest absolute Gasteiger partial charge is 0.489 e. The van der Waals surface area contributed by atoms with Gasteiger partial charge >= 0.3 is 5.97 Å². The fourth-order valence-electron chi connectivity index (χ4n) is 3.10. The molecule has 0 aromatic heterocycles. The van der Waals surface area contributed by atoms with E-state index in [0.717, 1.165) is 24.8 Å². The predicted octanol–water partition coefficient (Wildman–Crippen LogP) is 3.24. The fourth-order valence-corrected chi connectivity index (χ4v) is 4.46. The number of ether oxygens (including phenoxy) is 2. The standard InChI is InChI=1S/C23H22N2O7S/c1-31-23(26)20(24-33(29,30)22-10-6-5-9-21(22)25(27)28)15-17-11-13-19(14-12-17)32-16-18-7-3-2-4-8-18/h2-14,20,24H,15-16H2,1H3. The minimum absolute atomic E-state index is 0.0223. The van der Waals surface area contributed by atoms with Crippen LogP contribution in [-0.4, -0.2) is 32.5 Å². The summed E-state index contributed by atoms with van der Waals surface area (Å²) in [6, 6.07) is 20.1. The molecule has 3 aromatic carbocycles. The number of hydrogen-bond donors (Lipinski definition) is 1. The van der Waals surface area contributed by atoms with Gasteiger partial charge in [-0.1, -0.05) is 54.6 Å². The zero-order chi connectivity index (χ0) is 23.8. The number of nitro benzene ring substituents is 1. The Morgan fingerprint density at radius 2 is 1.61 bits per heavy atom. The number of para-hydroxylation sites is 1. The Balaban J connectivity index is 1.73. The van der Waals surface area contributed by atoms with Gasteiger partial charge in [-0.15, -0.1) is 0 Å². The van der Waals surface area contributed by atoms with Crippen molar-refractivity contribution in [1.29, 1.82) is 0 Å². The molecule has 0 aliphatic rings. The molecule has 0 saturated carbocycles. The number of esters is 1. The molecule has 0 spiro atoms. The Bertz CT molecular complexity index is 1210. The van der Waals surface area contributed by atoms with E-state index in [9.17, 15) is 23.3 Å². The summed E-state index contributed by atoms with van der Waals surface area (Å²) in [5.41, 5.74) is 1.06. The minimum Gasteiger partial charge on any atom is -0.489 e. The molecule has 0 bridgehead atoms. The highest BCUT2D eigenvalue weighted by Gasteiger charge is 2.31. The lowest BCUT2D eigenvalue weighted by Gasteiger charge is -2.17. The molecule has 0 aliphatic heterocycles. The van der Waals surface area contributed by atoms with E-state index in [1.165, 1.54) is 12.1 Å². The molecule has 10 heteroatoms. The highest BCUT2D eigenvalue weighted by atomic mass is 32.2. The summed E-state index contributed by atoms with van der Waals surface area (Å²) < 4.78 is 38.3. The first-order valence-electron chi connectivity index (χ1n) is 9.89. The molecule has 1 N–H and O–H groups in total. The van der Waals surface area contributed by atoms with Crippen LogP contribution in [0.2, 0.25) is 0 Å². The van der Waals surface area contributed by atoms with Crippen molar-refractivity contribution in [3.05, 3.63) is 100 Å². The van der Waals surface area contributed by atoms with Crippen molar-refractivity contribution < 1.29 is 27.6 Å². The summed E-state index contributed by atoms with van der Waals surface area (Å²) in [6.07, 6.45) is -0.0223. The van der Waals surface area contributed by atoms with Crippen molar-refractivity contribution in [1.82, 2.24) is 4.72 Å². The van der Waals surface area contributed by atoms with Crippen LogP contribution in [0.15, 0.2) is 83.8 Å². The van der Waals surface area contributed by atoms with E-state index in [4.69, 9.17) is 9.47 Å². The quantitative estimate of drug-likeness (QED) is 0.274. The van der Waals surface area contributed by atoms with E-state index in [0.29, 0.717) is 17.9 Å². The van der Waals surface area contributed by atoms with Crippen LogP contribution in [0.1, 0.15) is 11.1 Å². The molecule has 9 nitrogen and oxygen atoms in total. The van der Waals surface area contributed by atoms with Crippen LogP contribution in [0.4, 0.5) is 5.69 Å². The van der Waals surface area contributed by atoms with Gasteiger partial charge < -0.3 is 9.47 Å². The third-order valence-corrected chi connectivity index (χ3v) is 6.27. The Morgan fingerprint density at radius 3 is 2.24 bits per heavy atom. The normalized spacial score (nSPS) is 12.0. The second-order valence-electron chi connectivity index (χ2n) is 7.04. The first-order valence-corrected chi connectivity index (χ1v) is 11.4. The highest BCUT2D eigenvalue weighted by molar-refractivity contribution is 7.89. The first-order chi connectivity index (χ1) is 15.8. The van der Waals surface area contributed by atoms with E-state index in [1.54, 1.807) is 24.3 Å². The number of nitro groups is 1. The molecular formula is C23H22N2O7S. The Hall–Kier alpha value is -3.76. The van der Waals surface area contributed by atoms with Crippen molar-refractivity contribution in [2.24, 2.45) is 0 Å². The summed E-state index contributed by atoms with van der Waals surface area (Å²) in [5, 5.41) is 11.2. The van der Waals surface area contributed by atoms with Crippen LogP contribution in [0.5, 0.6) is 5.75 Å². The maximum absolute atomic E-state index is 12.8. The van der Waals surface area contributed by atoms with Gasteiger partial charge in [-0.25, -0.2) is 8.42 Å². The summed E-state index contributed by atoms with van der Waals surface area (Å²) in [7, 11) is -3.24. The summed E-state index contributed by atoms with van der Waals surface area (Å²) in [4.78, 5) is 22.2. The summed E-state index contributed by atoms with van der Waals surface area (Å²) >= 11 is 0. The zero-order valence-electron chi connectivity index (χ0n) is 17.7. The molecule has 3 aromatic rings. The topological polar surface area (TPSA) is 125 Å². The molecule has 3 rings (SSSR count). The van der Waals surface area contributed by atoms with Gasteiger partial charge in [0.25, 0.3) is 5.69 Å². The molecule has 0 fully saturated rings. The van der Waals surface area contributed by atoms with E-state index in [-0.39, 0.29) is 6.42 Å². The lowest BCUT2D eigenvalue weighted by atomic mass is 10.1. The molecule has 1 unspecified atom stereocenters. The van der Waals surface area contributed by atoms with Gasteiger partial charge in [0.15, 0.2) is 4.90 Å². The van der Waals surface area contributed by atoms with Gasteiger partial charge in [0.2, 0.25) is 10.0 Å². The Labute approximate surface area is 191 Å². The number of methoxy groups -OCH3 is 1. The fraction of sp³-hybridized carbons (Fsp3) is 0.174. The summed E-state index contributed by atoms with van der Waals surface area (Å²) in [5.74, 6) is -0.209. The van der Waals surface area contributed by atoms with Gasteiger partial charge in [-0.2, -0.15) is 4.72 Å². The molecule has 1 atom stereocenters. The second-order valence-corrected chi connectivity index (χ2v) is 8.73. The number of carbonyl (C=O) groups excluding carboxylic acids is 1. The number of hydrogen-bond acceptors (Lipinski definition) is 7. The van der Waals surface area contributed by atoms with E-state index >= 15 is 0 Å². The molecule has 0 heterocycles. The molecule has 0 amide bonds. The summed E-state index contributed by atoms with van der Waals surface area (Å²) in [6.45, 7) is 0.390. The maximum atomic E-state index is 12.8. The molecule has 33 heavy (non-hydrogen) atoms. The van der Waals surface area contributed by atoms with E-state index in [2.05, 4.69) is 4.72 Å². The lowest BCUT2D eigenvalue weighted by molar-refractivity contribution is -0.387. The Kier molecular flexibility index (Phi) is 7.75. The third kappa shape index (κ3) is 6.37. The van der Waals surface area contributed by atoms with Gasteiger partial charge in [0, 0.05) is 6.07 Å². The van der Waals surface area contributed by atoms with Crippen molar-refractivity contribution >= 4 is 21.7 Å². The average molecular weight is 471 g/mol. The second kappa shape index (κ2) is 10.7. The molecule has 172 valence electrons. The van der Waals surface area contributed by atoms with Crippen LogP contribution < -0.4 is 9.46 Å². The van der Waals surface area contributed by atoms with Gasteiger partial charge in [0.05, 0.1) is 12.0 Å². The number of nitrogens with zero attached hydrogens (tertiary/aromatic N) is 1. The SMILES string of the molecule is COC(=O)C(Cc1ccc(OCc2ccccc2)cc1)NS(=O)(=O)c1ccccc1[N+](=O)[O-]. The van der Waals surface area contributed by atoms with Crippen molar-refractivity contribution in [3.63, 3.8) is 0 Å². The van der Waals surface area contributed by atoms with Crippen LogP contribution >= 0.6 is 0 Å². The first kappa shape index (κ1) is 23.9. The van der Waals surface area contributed by atoms with Crippen LogP contribution in [-0.2, 0) is 32.6 Å². The number of rotatable bonds is 10. The van der Waals surface area contributed by atoms with E-state index in [1.807, 2.05) is 30.3 Å². The molecule has 0 radical (unpaired) electrons. The highest BCUT2D eigenvalue weighted by Crippen LogP contribution is 2.23. The van der Waals surface area contributed by atoms with Crippen molar-refractivity contribution in [3.8, 4) is 5.75 Å². The van der Waals surface area contributed by atoms with Crippen LogP contribution in [0, 0.1) is 10.1 Å². The Morgan fingerprint density at radius 1 is 0.970 bits per heavy atom. The molecule has 0 saturated heterocycles. The third-order valence-electron chi connectivity index (χ3n) is 4.75. The predicted molar refractivity (Wildman–Crippen MR) is 120 cm³/mol. The number of sulfonamides is 1. The van der Waals surface area contributed by atoms with Gasteiger partial charge in [-0.3, -0.25) is 14.9 Å². The zero-order valence-corrected chi connectivity index (χ0v) is 18.5. The molecule has 0 aliphatic carbocycles. The van der Waals surface area contributed by atoms with Crippen LogP contribution in [0.25, 0.3) is 0 Å². The monoisotopic (exact) mass is 470 g/mol. The number of nitrogens with one attached hydrogen (secondary N) is 1. The smallest absolute Gasteiger partial charge is 0.324 e. The van der Waals surface area contributed by atoms with Gasteiger partial charge in [0.1, 0.15) is 18.4 Å². The van der Waals surface area contributed by atoms with Crippen molar-refractivity contribution in [2.75, 3.05) is 7.11 Å². The average Bonchev–Trinajstić information content (AvgIpc) is 2.83. The maximum Gasteiger partial charge on any atom is 0.324 e. The van der Waals surface area contributed by atoms with Gasteiger partial charge in [-0.05, 0) is 35.7 Å². The van der Waals surface area contributed by atoms with Crippen molar-refractivity contribution in [2.45, 2.75) is 24.0 Å². The van der Waals surface area contributed by atoms with E-state index < -0.39 is 37.5 Å².